The molecule has 0 atom stereocenters. The molecule has 0 aliphatic heterocycles. The molecule has 2 aromatic heterocycles. The number of ether oxygens (including phenoxy) is 1. The predicted molar refractivity (Wildman–Crippen MR) is 64.5 cm³/mol. The maximum Gasteiger partial charge on any atom is 0.140 e. The third-order valence-electron chi connectivity index (χ3n) is 2.62. The van der Waals surface area contributed by atoms with Crippen LogP contribution in [0.3, 0.4) is 0 Å². The van der Waals surface area contributed by atoms with Crippen molar-refractivity contribution in [1.82, 2.24) is 9.38 Å². The van der Waals surface area contributed by atoms with Crippen LogP contribution < -0.4 is 0 Å². The monoisotopic (exact) mass is 218 g/mol. The Morgan fingerprint density at radius 3 is 3.06 bits per heavy atom. The molecule has 0 spiro atoms. The number of aryl methyl sites for hydroxylation is 1. The summed E-state index contributed by atoms with van der Waals surface area (Å²) in [5.74, 6) is 0. The molecule has 86 valence electrons. The maximum atomic E-state index is 5.55. The van der Waals surface area contributed by atoms with Gasteiger partial charge in [-0.2, -0.15) is 0 Å². The quantitative estimate of drug-likeness (QED) is 0.721. The molecule has 3 heteroatoms. The summed E-state index contributed by atoms with van der Waals surface area (Å²) in [6.07, 6.45) is 6.34. The van der Waals surface area contributed by atoms with Gasteiger partial charge < -0.3 is 9.14 Å². The molecule has 0 aliphatic rings. The molecule has 2 aromatic rings. The third kappa shape index (κ3) is 2.42. The second kappa shape index (κ2) is 5.12. The fraction of sp³-hybridized carbons (Fsp3) is 0.462. The van der Waals surface area contributed by atoms with Crippen molar-refractivity contribution in [3.05, 3.63) is 35.8 Å². The smallest absolute Gasteiger partial charge is 0.140 e. The van der Waals surface area contributed by atoms with E-state index in [4.69, 9.17) is 4.74 Å². The van der Waals surface area contributed by atoms with Gasteiger partial charge in [-0.15, -0.1) is 0 Å². The average Bonchev–Trinajstić information content (AvgIpc) is 2.69. The van der Waals surface area contributed by atoms with E-state index in [0.717, 1.165) is 24.4 Å². The number of unbranched alkanes of at least 4 members (excludes halogenated alkanes) is 1. The Morgan fingerprint density at radius 1 is 1.44 bits per heavy atom. The Hall–Kier alpha value is -1.35. The number of fused-ring (bicyclic) bond motifs is 1. The van der Waals surface area contributed by atoms with Gasteiger partial charge in [-0.05, 0) is 25.0 Å². The van der Waals surface area contributed by atoms with Gasteiger partial charge in [-0.1, -0.05) is 19.4 Å². The fourth-order valence-electron chi connectivity index (χ4n) is 1.70. The van der Waals surface area contributed by atoms with Crippen molar-refractivity contribution in [3.8, 4) is 0 Å². The molecule has 0 bridgehead atoms. The van der Waals surface area contributed by atoms with E-state index in [-0.39, 0.29) is 0 Å². The van der Waals surface area contributed by atoms with Gasteiger partial charge in [0.25, 0.3) is 0 Å². The third-order valence-corrected chi connectivity index (χ3v) is 2.62. The normalized spacial score (nSPS) is 11.1. The lowest BCUT2D eigenvalue weighted by Gasteiger charge is -1.98. The van der Waals surface area contributed by atoms with Gasteiger partial charge in [0.2, 0.25) is 0 Å². The van der Waals surface area contributed by atoms with Gasteiger partial charge in [0, 0.05) is 19.0 Å². The van der Waals surface area contributed by atoms with E-state index in [0.29, 0.717) is 6.61 Å². The van der Waals surface area contributed by atoms with Crippen LogP contribution in [0.15, 0.2) is 24.5 Å². The summed E-state index contributed by atoms with van der Waals surface area (Å²) in [4.78, 5) is 4.55. The van der Waals surface area contributed by atoms with Gasteiger partial charge in [-0.25, -0.2) is 4.98 Å². The molecule has 0 aromatic carbocycles. The molecule has 0 fully saturated rings. The summed E-state index contributed by atoms with van der Waals surface area (Å²) in [5, 5.41) is 0. The zero-order valence-electron chi connectivity index (χ0n) is 9.94. The summed E-state index contributed by atoms with van der Waals surface area (Å²) >= 11 is 0. The first-order valence-electron chi connectivity index (χ1n) is 5.82. The lowest BCUT2D eigenvalue weighted by atomic mass is 10.3. The van der Waals surface area contributed by atoms with Crippen LogP contribution >= 0.6 is 0 Å². The van der Waals surface area contributed by atoms with Crippen molar-refractivity contribution < 1.29 is 4.74 Å². The highest BCUT2D eigenvalue weighted by atomic mass is 16.5. The summed E-state index contributed by atoms with van der Waals surface area (Å²) < 4.78 is 7.60. The van der Waals surface area contributed by atoms with Crippen LogP contribution in [0.5, 0.6) is 0 Å². The number of hydrogen-bond acceptors (Lipinski definition) is 2. The molecule has 0 amide bonds. The molecule has 16 heavy (non-hydrogen) atoms. The summed E-state index contributed by atoms with van der Waals surface area (Å²) in [6, 6.07) is 4.11. The lowest BCUT2D eigenvalue weighted by molar-refractivity contribution is 0.116. The molecule has 0 radical (unpaired) electrons. The summed E-state index contributed by atoms with van der Waals surface area (Å²) in [6.45, 7) is 5.67. The first-order chi connectivity index (χ1) is 7.81. The minimum Gasteiger partial charge on any atom is -0.375 e. The molecule has 0 aliphatic carbocycles. The molecule has 0 N–H and O–H groups in total. The van der Waals surface area contributed by atoms with Crippen molar-refractivity contribution in [3.63, 3.8) is 0 Å². The van der Waals surface area contributed by atoms with Crippen molar-refractivity contribution in [2.45, 2.75) is 33.3 Å². The maximum absolute atomic E-state index is 5.55. The number of imidazole rings is 1. The highest BCUT2D eigenvalue weighted by molar-refractivity contribution is 5.47. The van der Waals surface area contributed by atoms with E-state index < -0.39 is 0 Å². The van der Waals surface area contributed by atoms with Crippen molar-refractivity contribution in [1.29, 1.82) is 0 Å². The Bertz CT molecular complexity index is 462. The molecule has 0 unspecified atom stereocenters. The van der Waals surface area contributed by atoms with Crippen LogP contribution in [0.25, 0.3) is 5.65 Å². The Morgan fingerprint density at radius 2 is 2.31 bits per heavy atom. The molecule has 3 nitrogen and oxygen atoms in total. The molecular weight excluding hydrogens is 200 g/mol. The van der Waals surface area contributed by atoms with Gasteiger partial charge >= 0.3 is 0 Å². The molecule has 2 heterocycles. The van der Waals surface area contributed by atoms with Crippen LogP contribution in [0.1, 0.15) is 31.0 Å². The standard InChI is InChI=1S/C13H18N2O/c1-3-4-8-16-10-12-9-15-7-5-6-11(2)13(15)14-12/h5-7,9H,3-4,8,10H2,1-2H3. The second-order valence-corrected chi connectivity index (χ2v) is 4.06. The van der Waals surface area contributed by atoms with E-state index in [2.05, 4.69) is 24.9 Å². The number of nitrogens with zero attached hydrogens (tertiary/aromatic N) is 2. The van der Waals surface area contributed by atoms with Crippen LogP contribution in [0.4, 0.5) is 0 Å². The van der Waals surface area contributed by atoms with Crippen LogP contribution in [-0.2, 0) is 11.3 Å². The van der Waals surface area contributed by atoms with Crippen molar-refractivity contribution in [2.24, 2.45) is 0 Å². The SMILES string of the molecule is CCCCOCc1cn2cccc(C)c2n1. The van der Waals surface area contributed by atoms with Gasteiger partial charge in [0.1, 0.15) is 5.65 Å². The second-order valence-electron chi connectivity index (χ2n) is 4.06. The zero-order valence-corrected chi connectivity index (χ0v) is 9.94. The van der Waals surface area contributed by atoms with Gasteiger partial charge in [0.05, 0.1) is 12.3 Å². The Balaban J connectivity index is 2.05. The van der Waals surface area contributed by atoms with E-state index in [1.807, 2.05) is 22.9 Å². The molecular formula is C13H18N2O. The molecule has 2 rings (SSSR count). The average molecular weight is 218 g/mol. The van der Waals surface area contributed by atoms with E-state index in [1.54, 1.807) is 0 Å². The van der Waals surface area contributed by atoms with E-state index in [9.17, 15) is 0 Å². The minimum atomic E-state index is 0.612. The fourth-order valence-corrected chi connectivity index (χ4v) is 1.70. The first-order valence-corrected chi connectivity index (χ1v) is 5.82. The topological polar surface area (TPSA) is 26.5 Å². The first kappa shape index (κ1) is 11.1. The Labute approximate surface area is 96.1 Å². The molecule has 0 saturated heterocycles. The van der Waals surface area contributed by atoms with Crippen molar-refractivity contribution in [2.75, 3.05) is 6.61 Å². The largest absolute Gasteiger partial charge is 0.375 e. The highest BCUT2D eigenvalue weighted by Gasteiger charge is 2.03. The molecule has 0 saturated carbocycles. The summed E-state index contributed by atoms with van der Waals surface area (Å²) in [5.41, 5.74) is 3.23. The number of aromatic nitrogens is 2. The summed E-state index contributed by atoms with van der Waals surface area (Å²) in [7, 11) is 0. The highest BCUT2D eigenvalue weighted by Crippen LogP contribution is 2.10. The van der Waals surface area contributed by atoms with Gasteiger partial charge in [0.15, 0.2) is 0 Å². The Kier molecular flexibility index (Phi) is 3.57. The van der Waals surface area contributed by atoms with Crippen molar-refractivity contribution >= 4 is 5.65 Å². The number of pyridine rings is 1. The van der Waals surface area contributed by atoms with Crippen LogP contribution in [0, 0.1) is 6.92 Å². The predicted octanol–water partition coefficient (Wildman–Crippen LogP) is 2.96. The number of rotatable bonds is 5. The van der Waals surface area contributed by atoms with Crippen LogP contribution in [-0.4, -0.2) is 16.0 Å². The van der Waals surface area contributed by atoms with E-state index >= 15 is 0 Å². The zero-order chi connectivity index (χ0) is 11.4. The lowest BCUT2D eigenvalue weighted by Crippen LogP contribution is -1.94. The minimum absolute atomic E-state index is 0.612. The van der Waals surface area contributed by atoms with E-state index in [1.165, 1.54) is 12.0 Å². The van der Waals surface area contributed by atoms with Crippen LogP contribution in [0.2, 0.25) is 0 Å². The van der Waals surface area contributed by atoms with Gasteiger partial charge in [-0.3, -0.25) is 0 Å². The number of hydrogen-bond donors (Lipinski definition) is 0.